The van der Waals surface area contributed by atoms with Crippen molar-refractivity contribution in [3.05, 3.63) is 63.1 Å². The maximum absolute atomic E-state index is 13.9. The lowest BCUT2D eigenvalue weighted by Crippen LogP contribution is -2.04. The van der Waals surface area contributed by atoms with Crippen LogP contribution in [0.2, 0.25) is 0 Å². The van der Waals surface area contributed by atoms with Gasteiger partial charge in [0.05, 0.1) is 16.1 Å². The lowest BCUT2D eigenvalue weighted by atomic mass is 10.1. The van der Waals surface area contributed by atoms with Gasteiger partial charge in [0, 0.05) is 5.56 Å². The van der Waals surface area contributed by atoms with Crippen LogP contribution in [0.4, 0.5) is 8.78 Å². The fourth-order valence-corrected chi connectivity index (χ4v) is 2.96. The van der Waals surface area contributed by atoms with Gasteiger partial charge in [-0.1, -0.05) is 12.1 Å². The van der Waals surface area contributed by atoms with E-state index in [9.17, 15) is 13.9 Å². The van der Waals surface area contributed by atoms with Crippen molar-refractivity contribution in [2.24, 2.45) is 0 Å². The van der Waals surface area contributed by atoms with Gasteiger partial charge in [0.15, 0.2) is 0 Å². The van der Waals surface area contributed by atoms with E-state index in [0.717, 1.165) is 11.1 Å². The number of fused-ring (bicyclic) bond motifs is 1. The molecular formula is C16H13BrF2O2. The summed E-state index contributed by atoms with van der Waals surface area (Å²) >= 11 is 3.03. The Morgan fingerprint density at radius 2 is 2.05 bits per heavy atom. The van der Waals surface area contributed by atoms with Crippen molar-refractivity contribution in [2.75, 3.05) is 0 Å². The Bertz CT molecular complexity index is 688. The maximum Gasteiger partial charge on any atom is 0.146 e. The predicted octanol–water partition coefficient (Wildman–Crippen LogP) is 4.29. The van der Waals surface area contributed by atoms with E-state index in [-0.39, 0.29) is 16.6 Å². The number of aliphatic hydroxyl groups excluding tert-OH is 1. The molecule has 0 amide bonds. The molecule has 110 valence electrons. The number of halogens is 3. The highest BCUT2D eigenvalue weighted by atomic mass is 79.9. The first-order chi connectivity index (χ1) is 10.1. The zero-order chi connectivity index (χ0) is 15.0. The first-order valence-electron chi connectivity index (χ1n) is 6.63. The molecule has 0 aromatic heterocycles. The Morgan fingerprint density at radius 1 is 1.24 bits per heavy atom. The molecule has 3 rings (SSSR count). The molecule has 1 aliphatic rings. The summed E-state index contributed by atoms with van der Waals surface area (Å²) in [5.41, 5.74) is 1.64. The highest BCUT2D eigenvalue weighted by Gasteiger charge is 2.23. The van der Waals surface area contributed by atoms with Gasteiger partial charge in [-0.15, -0.1) is 0 Å². The average molecular weight is 355 g/mol. The molecule has 1 atom stereocenters. The summed E-state index contributed by atoms with van der Waals surface area (Å²) in [7, 11) is 0. The van der Waals surface area contributed by atoms with Crippen molar-refractivity contribution < 1.29 is 18.6 Å². The Morgan fingerprint density at radius 3 is 2.86 bits per heavy atom. The third kappa shape index (κ3) is 2.68. The predicted molar refractivity (Wildman–Crippen MR) is 78.1 cm³/mol. The van der Waals surface area contributed by atoms with Crippen LogP contribution >= 0.6 is 15.9 Å². The van der Waals surface area contributed by atoms with Gasteiger partial charge < -0.3 is 9.84 Å². The van der Waals surface area contributed by atoms with Gasteiger partial charge in [-0.2, -0.15) is 0 Å². The molecule has 2 nitrogen and oxygen atoms in total. The summed E-state index contributed by atoms with van der Waals surface area (Å²) in [6.07, 6.45) is 0.869. The smallest absolute Gasteiger partial charge is 0.146 e. The van der Waals surface area contributed by atoms with Gasteiger partial charge in [-0.3, -0.25) is 0 Å². The van der Waals surface area contributed by atoms with E-state index in [1.165, 1.54) is 12.1 Å². The van der Waals surface area contributed by atoms with E-state index in [0.29, 0.717) is 18.6 Å². The van der Waals surface area contributed by atoms with Gasteiger partial charge in [0.1, 0.15) is 24.0 Å². The Kier molecular flexibility index (Phi) is 3.95. The summed E-state index contributed by atoms with van der Waals surface area (Å²) in [6.45, 7) is -0.191. The van der Waals surface area contributed by atoms with Crippen molar-refractivity contribution in [1.29, 1.82) is 0 Å². The van der Waals surface area contributed by atoms with Gasteiger partial charge in [0.25, 0.3) is 0 Å². The summed E-state index contributed by atoms with van der Waals surface area (Å²) in [4.78, 5) is 0. The first kappa shape index (κ1) is 14.5. The molecule has 0 saturated carbocycles. The van der Waals surface area contributed by atoms with Crippen LogP contribution in [-0.4, -0.2) is 5.11 Å². The zero-order valence-corrected chi connectivity index (χ0v) is 12.7. The Hall–Kier alpha value is -1.46. The molecular weight excluding hydrogens is 342 g/mol. The molecule has 21 heavy (non-hydrogen) atoms. The highest BCUT2D eigenvalue weighted by Crippen LogP contribution is 2.37. The second kappa shape index (κ2) is 5.73. The molecule has 1 unspecified atom stereocenters. The van der Waals surface area contributed by atoms with E-state index in [2.05, 4.69) is 15.9 Å². The van der Waals surface area contributed by atoms with Crippen molar-refractivity contribution in [3.63, 3.8) is 0 Å². The van der Waals surface area contributed by atoms with E-state index < -0.39 is 17.7 Å². The molecule has 1 N–H and O–H groups in total. The van der Waals surface area contributed by atoms with Gasteiger partial charge >= 0.3 is 0 Å². The number of hydrogen-bond donors (Lipinski definition) is 1. The molecule has 0 saturated heterocycles. The number of hydrogen-bond acceptors (Lipinski definition) is 2. The van der Waals surface area contributed by atoms with E-state index in [1.807, 2.05) is 6.07 Å². The first-order valence-corrected chi connectivity index (χ1v) is 7.42. The van der Waals surface area contributed by atoms with Crippen molar-refractivity contribution in [2.45, 2.75) is 25.6 Å². The molecule has 0 heterocycles. The monoisotopic (exact) mass is 354 g/mol. The largest absolute Gasteiger partial charge is 0.488 e. The van der Waals surface area contributed by atoms with E-state index >= 15 is 0 Å². The fraction of sp³-hybridized carbons (Fsp3) is 0.250. The number of aliphatic hydroxyl groups is 1. The van der Waals surface area contributed by atoms with Crippen molar-refractivity contribution >= 4 is 15.9 Å². The Labute approximate surface area is 129 Å². The summed E-state index contributed by atoms with van der Waals surface area (Å²) < 4.78 is 33.4. The van der Waals surface area contributed by atoms with Crippen LogP contribution in [0.3, 0.4) is 0 Å². The van der Waals surface area contributed by atoms with E-state index in [4.69, 9.17) is 4.74 Å². The summed E-state index contributed by atoms with van der Waals surface area (Å²) in [6, 6.07) is 7.90. The SMILES string of the molecule is OC1CCc2c(OCc3c(F)ccc(Br)c3F)cccc21. The highest BCUT2D eigenvalue weighted by molar-refractivity contribution is 9.10. The van der Waals surface area contributed by atoms with Crippen LogP contribution in [-0.2, 0) is 13.0 Å². The minimum Gasteiger partial charge on any atom is -0.488 e. The average Bonchev–Trinajstić information content (AvgIpc) is 2.86. The lowest BCUT2D eigenvalue weighted by molar-refractivity contribution is 0.180. The summed E-state index contributed by atoms with van der Waals surface area (Å²) in [5.74, 6) is -0.714. The van der Waals surface area contributed by atoms with Crippen LogP contribution in [0, 0.1) is 11.6 Å². The minimum absolute atomic E-state index is 0.111. The zero-order valence-electron chi connectivity index (χ0n) is 11.1. The second-order valence-corrected chi connectivity index (χ2v) is 5.84. The normalized spacial score (nSPS) is 16.9. The molecule has 5 heteroatoms. The van der Waals surface area contributed by atoms with Crippen molar-refractivity contribution in [3.8, 4) is 5.75 Å². The number of ether oxygens (including phenoxy) is 1. The van der Waals surface area contributed by atoms with E-state index in [1.54, 1.807) is 12.1 Å². The van der Waals surface area contributed by atoms with Gasteiger partial charge in [-0.25, -0.2) is 8.78 Å². The molecule has 0 radical (unpaired) electrons. The number of benzene rings is 2. The third-order valence-corrected chi connectivity index (χ3v) is 4.32. The number of rotatable bonds is 3. The van der Waals surface area contributed by atoms with Crippen LogP contribution < -0.4 is 4.74 Å². The maximum atomic E-state index is 13.9. The Balaban J connectivity index is 1.86. The molecule has 0 fully saturated rings. The van der Waals surface area contributed by atoms with Crippen LogP contribution in [0.1, 0.15) is 29.2 Å². The molecule has 1 aliphatic carbocycles. The minimum atomic E-state index is -0.650. The topological polar surface area (TPSA) is 29.5 Å². The fourth-order valence-electron chi connectivity index (χ4n) is 2.59. The second-order valence-electron chi connectivity index (χ2n) is 4.99. The standard InChI is InChI=1S/C16H13BrF2O2/c17-12-5-6-13(18)11(16(12)19)8-21-15-3-1-2-9-10(15)4-7-14(9)20/h1-3,5-6,14,20H,4,7-8H2. The van der Waals surface area contributed by atoms with Gasteiger partial charge in [0.2, 0.25) is 0 Å². The molecule has 2 aromatic rings. The quantitative estimate of drug-likeness (QED) is 0.833. The van der Waals surface area contributed by atoms with Crippen LogP contribution in [0.25, 0.3) is 0 Å². The van der Waals surface area contributed by atoms with Crippen LogP contribution in [0.5, 0.6) is 5.75 Å². The summed E-state index contributed by atoms with van der Waals surface area (Å²) in [5, 5.41) is 9.83. The lowest BCUT2D eigenvalue weighted by Gasteiger charge is -2.12. The van der Waals surface area contributed by atoms with Crippen LogP contribution in [0.15, 0.2) is 34.8 Å². The molecule has 2 aromatic carbocycles. The molecule has 0 aliphatic heterocycles. The third-order valence-electron chi connectivity index (χ3n) is 3.71. The molecule has 0 spiro atoms. The molecule has 0 bridgehead atoms. The van der Waals surface area contributed by atoms with Gasteiger partial charge in [-0.05, 0) is 52.5 Å². The van der Waals surface area contributed by atoms with Crippen molar-refractivity contribution in [1.82, 2.24) is 0 Å².